The predicted molar refractivity (Wildman–Crippen MR) is 80.4 cm³/mol. The van der Waals surface area contributed by atoms with Crippen LogP contribution in [-0.4, -0.2) is 24.4 Å². The molecule has 0 amide bonds. The summed E-state index contributed by atoms with van der Waals surface area (Å²) in [6.07, 6.45) is 9.33. The molecule has 1 fully saturated rings. The molecule has 0 heterocycles. The Morgan fingerprint density at radius 3 is 2.80 bits per heavy atom. The van der Waals surface area contributed by atoms with E-state index in [0.717, 1.165) is 38.1 Å². The smallest absolute Gasteiger partial charge is 0.148 e. The van der Waals surface area contributed by atoms with Crippen LogP contribution in [0.4, 0.5) is 0 Å². The minimum Gasteiger partial charge on any atom is -0.481 e. The SMILES string of the molecule is C#CCOc1ccc(CNCC2CCCC(O)C2)cc1. The van der Waals surface area contributed by atoms with Crippen molar-refractivity contribution in [1.82, 2.24) is 5.32 Å². The van der Waals surface area contributed by atoms with Crippen molar-refractivity contribution in [2.24, 2.45) is 5.92 Å². The van der Waals surface area contributed by atoms with E-state index in [0.29, 0.717) is 12.5 Å². The quantitative estimate of drug-likeness (QED) is 0.782. The second-order valence-corrected chi connectivity index (χ2v) is 5.45. The zero-order valence-corrected chi connectivity index (χ0v) is 11.8. The molecule has 1 aliphatic carbocycles. The van der Waals surface area contributed by atoms with Crippen LogP contribution in [0, 0.1) is 18.3 Å². The Bertz CT molecular complexity index is 435. The second kappa shape index (κ2) is 7.94. The molecule has 0 spiro atoms. The average Bonchev–Trinajstić information content (AvgIpc) is 2.46. The molecule has 2 rings (SSSR count). The van der Waals surface area contributed by atoms with Crippen molar-refractivity contribution in [3.8, 4) is 18.1 Å². The molecule has 0 saturated heterocycles. The Morgan fingerprint density at radius 1 is 1.30 bits per heavy atom. The maximum Gasteiger partial charge on any atom is 0.148 e. The number of nitrogens with one attached hydrogen (secondary N) is 1. The van der Waals surface area contributed by atoms with E-state index in [2.05, 4.69) is 23.4 Å². The van der Waals surface area contributed by atoms with Gasteiger partial charge in [-0.25, -0.2) is 0 Å². The standard InChI is InChI=1S/C17H23NO2/c1-2-10-20-17-8-6-14(7-9-17)12-18-13-15-4-3-5-16(19)11-15/h1,6-9,15-16,18-19H,3-5,10-13H2. The van der Waals surface area contributed by atoms with Gasteiger partial charge in [-0.3, -0.25) is 0 Å². The van der Waals surface area contributed by atoms with Crippen LogP contribution in [0.25, 0.3) is 0 Å². The van der Waals surface area contributed by atoms with Crippen molar-refractivity contribution >= 4 is 0 Å². The maximum absolute atomic E-state index is 9.64. The Morgan fingerprint density at radius 2 is 2.10 bits per heavy atom. The van der Waals surface area contributed by atoms with Gasteiger partial charge in [-0.1, -0.05) is 24.5 Å². The third-order valence-electron chi connectivity index (χ3n) is 3.76. The molecule has 1 aromatic carbocycles. The number of aliphatic hydroxyl groups excluding tert-OH is 1. The number of ether oxygens (including phenoxy) is 1. The van der Waals surface area contributed by atoms with Crippen LogP contribution in [-0.2, 0) is 6.54 Å². The summed E-state index contributed by atoms with van der Waals surface area (Å²) in [5.41, 5.74) is 1.23. The van der Waals surface area contributed by atoms with E-state index in [9.17, 15) is 5.11 Å². The van der Waals surface area contributed by atoms with Gasteiger partial charge in [0.2, 0.25) is 0 Å². The molecule has 1 aromatic rings. The summed E-state index contributed by atoms with van der Waals surface area (Å²) >= 11 is 0. The van der Waals surface area contributed by atoms with Crippen LogP contribution in [0.2, 0.25) is 0 Å². The summed E-state index contributed by atoms with van der Waals surface area (Å²) in [5.74, 6) is 3.87. The zero-order valence-electron chi connectivity index (χ0n) is 11.8. The van der Waals surface area contributed by atoms with Gasteiger partial charge in [0.15, 0.2) is 0 Å². The van der Waals surface area contributed by atoms with E-state index < -0.39 is 0 Å². The van der Waals surface area contributed by atoms with Crippen molar-refractivity contribution in [3.05, 3.63) is 29.8 Å². The average molecular weight is 273 g/mol. The molecule has 3 nitrogen and oxygen atoms in total. The summed E-state index contributed by atoms with van der Waals surface area (Å²) in [6, 6.07) is 7.99. The number of terminal acetylenes is 1. The molecule has 1 aliphatic rings. The van der Waals surface area contributed by atoms with Crippen molar-refractivity contribution in [2.45, 2.75) is 38.3 Å². The Labute approximate surface area is 121 Å². The molecule has 2 N–H and O–H groups in total. The lowest BCUT2D eigenvalue weighted by Gasteiger charge is -2.26. The van der Waals surface area contributed by atoms with Crippen LogP contribution in [0.3, 0.4) is 0 Å². The van der Waals surface area contributed by atoms with Crippen LogP contribution in [0.1, 0.15) is 31.2 Å². The largest absolute Gasteiger partial charge is 0.481 e. The van der Waals surface area contributed by atoms with Crippen LogP contribution >= 0.6 is 0 Å². The molecule has 0 bridgehead atoms. The second-order valence-electron chi connectivity index (χ2n) is 5.45. The Kier molecular flexibility index (Phi) is 5.91. The van der Waals surface area contributed by atoms with E-state index in [1.165, 1.54) is 12.0 Å². The number of benzene rings is 1. The van der Waals surface area contributed by atoms with Crippen LogP contribution in [0.5, 0.6) is 5.75 Å². The lowest BCUT2D eigenvalue weighted by Crippen LogP contribution is -2.28. The van der Waals surface area contributed by atoms with E-state index in [-0.39, 0.29) is 6.10 Å². The van der Waals surface area contributed by atoms with Gasteiger partial charge in [-0.15, -0.1) is 6.42 Å². The highest BCUT2D eigenvalue weighted by atomic mass is 16.5. The molecular formula is C17H23NO2. The summed E-state index contributed by atoms with van der Waals surface area (Å²) in [5, 5.41) is 13.1. The fraction of sp³-hybridized carbons (Fsp3) is 0.529. The molecule has 2 atom stereocenters. The van der Waals surface area contributed by atoms with Crippen molar-refractivity contribution < 1.29 is 9.84 Å². The number of hydrogen-bond donors (Lipinski definition) is 2. The fourth-order valence-electron chi connectivity index (χ4n) is 2.70. The van der Waals surface area contributed by atoms with Gasteiger partial charge in [0.25, 0.3) is 0 Å². The van der Waals surface area contributed by atoms with Crippen molar-refractivity contribution in [3.63, 3.8) is 0 Å². The lowest BCUT2D eigenvalue weighted by atomic mass is 9.87. The minimum absolute atomic E-state index is 0.0943. The molecule has 0 aliphatic heterocycles. The van der Waals surface area contributed by atoms with Crippen LogP contribution < -0.4 is 10.1 Å². The normalized spacial score (nSPS) is 22.2. The Balaban J connectivity index is 1.70. The molecule has 0 radical (unpaired) electrons. The third kappa shape index (κ3) is 4.88. The molecule has 3 heteroatoms. The number of rotatable bonds is 6. The first-order chi connectivity index (χ1) is 9.78. The fourth-order valence-corrected chi connectivity index (χ4v) is 2.70. The predicted octanol–water partition coefficient (Wildman–Crippen LogP) is 2.34. The highest BCUT2D eigenvalue weighted by Gasteiger charge is 2.19. The van der Waals surface area contributed by atoms with E-state index in [1.54, 1.807) is 0 Å². The zero-order chi connectivity index (χ0) is 14.2. The lowest BCUT2D eigenvalue weighted by molar-refractivity contribution is 0.101. The molecule has 108 valence electrons. The van der Waals surface area contributed by atoms with Gasteiger partial charge >= 0.3 is 0 Å². The highest BCUT2D eigenvalue weighted by molar-refractivity contribution is 5.27. The van der Waals surface area contributed by atoms with Gasteiger partial charge in [0.1, 0.15) is 12.4 Å². The summed E-state index contributed by atoms with van der Waals surface area (Å²) in [4.78, 5) is 0. The summed E-state index contributed by atoms with van der Waals surface area (Å²) in [7, 11) is 0. The van der Waals surface area contributed by atoms with E-state index >= 15 is 0 Å². The third-order valence-corrected chi connectivity index (χ3v) is 3.76. The van der Waals surface area contributed by atoms with E-state index in [1.807, 2.05) is 12.1 Å². The van der Waals surface area contributed by atoms with Gasteiger partial charge in [-0.2, -0.15) is 0 Å². The first-order valence-corrected chi connectivity index (χ1v) is 7.32. The summed E-state index contributed by atoms with van der Waals surface area (Å²) < 4.78 is 5.34. The topological polar surface area (TPSA) is 41.5 Å². The van der Waals surface area contributed by atoms with Gasteiger partial charge < -0.3 is 15.2 Å². The highest BCUT2D eigenvalue weighted by Crippen LogP contribution is 2.23. The molecular weight excluding hydrogens is 250 g/mol. The molecule has 2 unspecified atom stereocenters. The van der Waals surface area contributed by atoms with E-state index in [4.69, 9.17) is 11.2 Å². The van der Waals surface area contributed by atoms with Gasteiger partial charge in [0.05, 0.1) is 6.10 Å². The number of hydrogen-bond acceptors (Lipinski definition) is 3. The first-order valence-electron chi connectivity index (χ1n) is 7.32. The molecule has 20 heavy (non-hydrogen) atoms. The maximum atomic E-state index is 9.64. The van der Waals surface area contributed by atoms with Gasteiger partial charge in [-0.05, 0) is 49.4 Å². The Hall–Kier alpha value is -1.50. The van der Waals surface area contributed by atoms with Gasteiger partial charge in [0, 0.05) is 6.54 Å². The number of aliphatic hydroxyl groups is 1. The summed E-state index contributed by atoms with van der Waals surface area (Å²) in [6.45, 7) is 2.13. The van der Waals surface area contributed by atoms with Crippen molar-refractivity contribution in [2.75, 3.05) is 13.2 Å². The minimum atomic E-state index is -0.0943. The van der Waals surface area contributed by atoms with Crippen LogP contribution in [0.15, 0.2) is 24.3 Å². The van der Waals surface area contributed by atoms with Crippen molar-refractivity contribution in [1.29, 1.82) is 0 Å². The monoisotopic (exact) mass is 273 g/mol. The molecule has 0 aromatic heterocycles. The first kappa shape index (κ1) is 14.9. The molecule has 1 saturated carbocycles.